The van der Waals surface area contributed by atoms with Gasteiger partial charge in [-0.1, -0.05) is 57.6 Å². The average Bonchev–Trinajstić information content (AvgIpc) is 3.74. The summed E-state index contributed by atoms with van der Waals surface area (Å²) < 4.78 is 0. The maximum Gasteiger partial charge on any atom is 0.309 e. The summed E-state index contributed by atoms with van der Waals surface area (Å²) >= 11 is 0. The van der Waals surface area contributed by atoms with Crippen molar-refractivity contribution in [1.82, 2.24) is 9.97 Å². The van der Waals surface area contributed by atoms with Gasteiger partial charge in [-0.05, 0) is 106 Å². The molecule has 240 valence electrons. The molecule has 1 fully saturated rings. The summed E-state index contributed by atoms with van der Waals surface area (Å²) in [6, 6.07) is 6.10. The number of carboxylic acid groups (broad SMARTS) is 1. The second kappa shape index (κ2) is 16.6. The Hall–Kier alpha value is -2.35. The van der Waals surface area contributed by atoms with Crippen LogP contribution in [0.15, 0.2) is 48.9 Å². The normalized spacial score (nSPS) is 28.7. The minimum absolute atomic E-state index is 0.0568. The van der Waals surface area contributed by atoms with Crippen molar-refractivity contribution in [2.75, 3.05) is 0 Å². The fraction of sp³-hybridized carbons (Fsp3) is 0.694. The topological polar surface area (TPSA) is 130 Å². The Morgan fingerprint density at radius 3 is 2.56 bits per heavy atom. The summed E-state index contributed by atoms with van der Waals surface area (Å²) in [5, 5.41) is 43.5. The molecule has 8 atom stereocenters. The van der Waals surface area contributed by atoms with Crippen LogP contribution in [-0.2, 0) is 17.6 Å². The molecule has 0 unspecified atom stereocenters. The maximum absolute atomic E-state index is 12.1. The first kappa shape index (κ1) is 33.5. The summed E-state index contributed by atoms with van der Waals surface area (Å²) in [5.74, 6) is -0.702. The highest BCUT2D eigenvalue weighted by Crippen LogP contribution is 2.46. The number of aliphatic hydroxyl groups excluding tert-OH is 2. The van der Waals surface area contributed by atoms with Gasteiger partial charge in [0.25, 0.3) is 0 Å². The van der Waals surface area contributed by atoms with Gasteiger partial charge in [0.2, 0.25) is 0 Å². The highest BCUT2D eigenvalue weighted by atomic mass is 16.4. The predicted molar refractivity (Wildman–Crippen MR) is 170 cm³/mol. The van der Waals surface area contributed by atoms with Gasteiger partial charge >= 0.3 is 5.97 Å². The summed E-state index contributed by atoms with van der Waals surface area (Å²) in [5.41, 5.74) is 1.40. The quantitative estimate of drug-likeness (QED) is 0.0784. The lowest BCUT2D eigenvalue weighted by Crippen LogP contribution is -2.37. The number of hydrogen-bond acceptors (Lipinski definition) is 4. The van der Waals surface area contributed by atoms with Crippen molar-refractivity contribution in [2.45, 2.75) is 127 Å². The molecule has 0 aromatic carbocycles. The second-order valence-corrected chi connectivity index (χ2v) is 13.7. The number of aromatic amines is 2. The molecule has 2 aliphatic rings. The van der Waals surface area contributed by atoms with Crippen LogP contribution in [0.3, 0.4) is 0 Å². The molecule has 2 aliphatic carbocycles. The number of carbonyl (C=O) groups is 1. The van der Waals surface area contributed by atoms with Crippen molar-refractivity contribution in [3.63, 3.8) is 0 Å². The first-order chi connectivity index (χ1) is 20.8. The number of H-pyrrole nitrogens is 2. The molecule has 0 amide bonds. The third kappa shape index (κ3) is 10.1. The van der Waals surface area contributed by atoms with Crippen molar-refractivity contribution >= 4 is 5.97 Å². The standard InChI is InChI=1S/C36H56N2O5/c1-2-3-5-9-26-13-14-29(34(40)22-26)10-6-4-7-12-32(35(41)42)33(39)15-17-36(43)24-28(20-27-16-19-37-25-27)21-30(36)23-31-11-8-18-38-31/h8,11,13-14,16,18-19,25-26,28-30,32-34,37-40,43H,2-7,9-10,12,15,17,20-24H2,1H3,(H,41,42)/t26-,28-,29-,30+,32+,33-,34-,36+/m1/s1. The van der Waals surface area contributed by atoms with E-state index < -0.39 is 23.6 Å². The number of aliphatic hydroxyl groups is 3. The highest BCUT2D eigenvalue weighted by molar-refractivity contribution is 5.70. The molecule has 1 saturated carbocycles. The molecule has 7 nitrogen and oxygen atoms in total. The van der Waals surface area contributed by atoms with Crippen LogP contribution in [0.5, 0.6) is 0 Å². The van der Waals surface area contributed by atoms with Gasteiger partial charge in [0.05, 0.1) is 23.7 Å². The summed E-state index contributed by atoms with van der Waals surface area (Å²) in [6.45, 7) is 2.21. The molecule has 0 spiro atoms. The van der Waals surface area contributed by atoms with Gasteiger partial charge in [0, 0.05) is 30.2 Å². The van der Waals surface area contributed by atoms with Gasteiger partial charge in [-0.25, -0.2) is 0 Å². The predicted octanol–water partition coefficient (Wildman–Crippen LogP) is 6.81. The number of nitrogens with one attached hydrogen (secondary N) is 2. The van der Waals surface area contributed by atoms with E-state index in [-0.39, 0.29) is 24.4 Å². The van der Waals surface area contributed by atoms with Crippen molar-refractivity contribution in [2.24, 2.45) is 29.6 Å². The van der Waals surface area contributed by atoms with Crippen LogP contribution in [0.4, 0.5) is 0 Å². The third-order valence-electron chi connectivity index (χ3n) is 10.4. The van der Waals surface area contributed by atoms with E-state index in [1.54, 1.807) is 0 Å². The monoisotopic (exact) mass is 596 g/mol. The molecule has 0 saturated heterocycles. The smallest absolute Gasteiger partial charge is 0.309 e. The van der Waals surface area contributed by atoms with Crippen LogP contribution in [0.2, 0.25) is 0 Å². The Kier molecular flexibility index (Phi) is 13.0. The average molecular weight is 597 g/mol. The molecule has 0 radical (unpaired) electrons. The van der Waals surface area contributed by atoms with Crippen LogP contribution >= 0.6 is 0 Å². The van der Waals surface area contributed by atoms with E-state index in [4.69, 9.17) is 0 Å². The van der Waals surface area contributed by atoms with E-state index >= 15 is 0 Å². The molecule has 0 aliphatic heterocycles. The minimum atomic E-state index is -0.982. The summed E-state index contributed by atoms with van der Waals surface area (Å²) in [4.78, 5) is 18.5. The third-order valence-corrected chi connectivity index (χ3v) is 10.4. The molecule has 2 heterocycles. The Bertz CT molecular complexity index is 1080. The molecule has 43 heavy (non-hydrogen) atoms. The van der Waals surface area contributed by atoms with Gasteiger partial charge < -0.3 is 30.4 Å². The first-order valence-electron chi connectivity index (χ1n) is 17.0. The van der Waals surface area contributed by atoms with Gasteiger partial charge in [0.15, 0.2) is 0 Å². The Morgan fingerprint density at radius 2 is 1.86 bits per heavy atom. The summed E-state index contributed by atoms with van der Waals surface area (Å²) in [6.07, 6.45) is 22.6. The van der Waals surface area contributed by atoms with Crippen molar-refractivity contribution in [1.29, 1.82) is 0 Å². The largest absolute Gasteiger partial charge is 0.481 e. The van der Waals surface area contributed by atoms with Crippen LogP contribution < -0.4 is 0 Å². The maximum atomic E-state index is 12.1. The fourth-order valence-corrected chi connectivity index (χ4v) is 7.84. The van der Waals surface area contributed by atoms with E-state index in [0.29, 0.717) is 31.1 Å². The van der Waals surface area contributed by atoms with Gasteiger partial charge in [-0.15, -0.1) is 0 Å². The van der Waals surface area contributed by atoms with Crippen molar-refractivity contribution in [3.8, 4) is 0 Å². The van der Waals surface area contributed by atoms with Crippen LogP contribution in [0, 0.1) is 29.6 Å². The van der Waals surface area contributed by atoms with Gasteiger partial charge in [-0.2, -0.15) is 0 Å². The molecule has 2 aromatic heterocycles. The SMILES string of the molecule is CCCCC[C@@H]1C=C[C@@H](CCCCC[C@H](C(=O)O)[C@H](O)CC[C@]2(O)C[C@H](Cc3cc[nH]c3)C[C@H]2Cc2ccc[nH]2)[C@H](O)C1. The molecular weight excluding hydrogens is 540 g/mol. The number of unbranched alkanes of at least 4 members (excludes halogenated alkanes) is 4. The number of aromatic nitrogens is 2. The van der Waals surface area contributed by atoms with Crippen molar-refractivity contribution in [3.05, 3.63) is 60.2 Å². The lowest BCUT2D eigenvalue weighted by atomic mass is 9.80. The van der Waals surface area contributed by atoms with E-state index in [9.17, 15) is 25.2 Å². The number of rotatable bonds is 19. The highest BCUT2D eigenvalue weighted by Gasteiger charge is 2.46. The number of allylic oxidation sites excluding steroid dienone is 1. The zero-order chi connectivity index (χ0) is 30.7. The van der Waals surface area contributed by atoms with Gasteiger partial charge in [-0.3, -0.25) is 4.79 Å². The van der Waals surface area contributed by atoms with Crippen molar-refractivity contribution < 1.29 is 25.2 Å². The Balaban J connectivity index is 1.22. The fourth-order valence-electron chi connectivity index (χ4n) is 7.84. The van der Waals surface area contributed by atoms with E-state index in [1.165, 1.54) is 24.8 Å². The first-order valence-corrected chi connectivity index (χ1v) is 17.0. The lowest BCUT2D eigenvalue weighted by molar-refractivity contribution is -0.146. The zero-order valence-corrected chi connectivity index (χ0v) is 26.2. The molecule has 4 rings (SSSR count). The molecule has 0 bridgehead atoms. The summed E-state index contributed by atoms with van der Waals surface area (Å²) in [7, 11) is 0. The van der Waals surface area contributed by atoms with Gasteiger partial charge in [0.1, 0.15) is 0 Å². The number of aliphatic carboxylic acids is 1. The number of hydrogen-bond donors (Lipinski definition) is 6. The molecular formula is C36H56N2O5. The molecule has 7 heteroatoms. The number of carboxylic acids is 1. The van der Waals surface area contributed by atoms with E-state index in [1.807, 2.05) is 30.7 Å². The minimum Gasteiger partial charge on any atom is -0.481 e. The van der Waals surface area contributed by atoms with Crippen LogP contribution in [-0.4, -0.2) is 54.2 Å². The van der Waals surface area contributed by atoms with Crippen LogP contribution in [0.25, 0.3) is 0 Å². The Labute approximate surface area is 258 Å². The second-order valence-electron chi connectivity index (χ2n) is 13.7. The molecule has 2 aromatic rings. The zero-order valence-electron chi connectivity index (χ0n) is 26.2. The Morgan fingerprint density at radius 1 is 1.02 bits per heavy atom. The molecule has 6 N–H and O–H groups in total. The van der Waals surface area contributed by atoms with Crippen LogP contribution in [0.1, 0.15) is 108 Å². The van der Waals surface area contributed by atoms with E-state index in [2.05, 4.69) is 35.1 Å². The lowest BCUT2D eigenvalue weighted by Gasteiger charge is -2.32. The van der Waals surface area contributed by atoms with E-state index in [0.717, 1.165) is 63.5 Å².